The van der Waals surface area contributed by atoms with Crippen molar-refractivity contribution in [2.75, 3.05) is 25.6 Å². The number of hydrogen-bond acceptors (Lipinski definition) is 17. The predicted octanol–water partition coefficient (Wildman–Crippen LogP) is 8.94. The summed E-state index contributed by atoms with van der Waals surface area (Å²) in [6.45, 7) is 1.70. The normalized spacial score (nSPS) is 20.4. The van der Waals surface area contributed by atoms with E-state index in [9.17, 15) is 53.7 Å². The van der Waals surface area contributed by atoms with Crippen LogP contribution in [-0.2, 0) is 46.3 Å². The maximum Gasteiger partial charge on any atom is 0.481 e. The van der Waals surface area contributed by atoms with Crippen LogP contribution in [-0.4, -0.2) is 108 Å². The highest BCUT2D eigenvalue weighted by Crippen LogP contribution is 2.60. The van der Waals surface area contributed by atoms with Crippen LogP contribution in [0.5, 0.6) is 0 Å². The van der Waals surface area contributed by atoms with Gasteiger partial charge < -0.3 is 50.2 Å². The fourth-order valence-electron chi connectivity index (χ4n) is 6.94. The molecule has 1 aliphatic heterocycles. The zero-order valence-corrected chi connectivity index (χ0v) is 45.8. The van der Waals surface area contributed by atoms with Gasteiger partial charge in [-0.15, -0.1) is 0 Å². The summed E-state index contributed by atoms with van der Waals surface area (Å²) in [5.74, 6) is -1.60. The second-order valence-corrected chi connectivity index (χ2v) is 20.7. The van der Waals surface area contributed by atoms with Gasteiger partial charge in [-0.05, 0) is 89.5 Å². The molecule has 76 heavy (non-hydrogen) atoms. The van der Waals surface area contributed by atoms with Crippen LogP contribution in [0.15, 0.2) is 126 Å². The second kappa shape index (κ2) is 40.5. The standard InChI is InChI=1S/C54H83N3O17P2/c1-3-5-7-9-11-12-13-14-15-16-17-18-19-20-21-22-23-25-31-37-50(61)72-46(41-69-49(60)38-32-36-45(59)35-30-27-26-29-34-44(58)33-28-24-10-8-6-4-2)42-70-75(65,66)74-76(67,68)71-43-47-51(62)52(63)53(73-47)57-40-39-48(55)56-54(57)64/h5,7,11-12,14-15,17-18,20-21,24,26-30,34-35,39-40,44-47,51-53,58-59,62-63H,3-4,6,8-10,13,16,19,22-23,25,31-33,36-38,41-43H2,1-2H3,(H,65,66)(H,67,68)(H2,55,56,64)/b7-5-,12-11-,15-14-,18-17-,21-20-,27-26+,28-24-,34-29+,35-30-/t44-,45-,46-,47-,51-,52-,53-/m1/s1. The van der Waals surface area contributed by atoms with Crippen LogP contribution in [0.25, 0.3) is 0 Å². The van der Waals surface area contributed by atoms with Crippen LogP contribution in [0, 0.1) is 0 Å². The Balaban J connectivity index is 1.88. The van der Waals surface area contributed by atoms with Crippen LogP contribution in [0.4, 0.5) is 5.82 Å². The summed E-state index contributed by atoms with van der Waals surface area (Å²) in [5.41, 5.74) is 4.56. The minimum Gasteiger partial charge on any atom is -0.462 e. The molecule has 22 heteroatoms. The van der Waals surface area contributed by atoms with Crippen LogP contribution in [0.1, 0.15) is 136 Å². The number of anilines is 1. The molecule has 20 nitrogen and oxygen atoms in total. The molecule has 0 spiro atoms. The first-order chi connectivity index (χ1) is 36.5. The Morgan fingerprint density at radius 3 is 1.93 bits per heavy atom. The van der Waals surface area contributed by atoms with Crippen LogP contribution >= 0.6 is 15.6 Å². The number of hydrogen-bond donors (Lipinski definition) is 7. The zero-order chi connectivity index (χ0) is 55.9. The fourth-order valence-corrected chi connectivity index (χ4v) is 9.05. The molecule has 1 aromatic heterocycles. The molecule has 1 fully saturated rings. The smallest absolute Gasteiger partial charge is 0.462 e. The number of rotatable bonds is 41. The number of aliphatic hydroxyl groups excluding tert-OH is 4. The lowest BCUT2D eigenvalue weighted by Gasteiger charge is -2.21. The van der Waals surface area contributed by atoms with Crippen LogP contribution in [0.2, 0.25) is 0 Å². The molecular formula is C54H83N3O17P2. The number of phosphoric ester groups is 2. The first-order valence-electron chi connectivity index (χ1n) is 26.1. The number of aromatic nitrogens is 2. The van der Waals surface area contributed by atoms with Gasteiger partial charge in [-0.2, -0.15) is 9.29 Å². The van der Waals surface area contributed by atoms with E-state index >= 15 is 0 Å². The van der Waals surface area contributed by atoms with E-state index in [0.29, 0.717) is 19.3 Å². The number of nitrogens with zero attached hydrogens (tertiary/aromatic N) is 2. The second-order valence-electron chi connectivity index (χ2n) is 17.7. The molecule has 0 amide bonds. The van der Waals surface area contributed by atoms with Crippen LogP contribution < -0.4 is 11.4 Å². The van der Waals surface area contributed by atoms with Crippen molar-refractivity contribution in [3.63, 3.8) is 0 Å². The maximum absolute atomic E-state index is 12.9. The van der Waals surface area contributed by atoms with E-state index in [1.165, 1.54) is 18.6 Å². The average molecular weight is 1110 g/mol. The van der Waals surface area contributed by atoms with Crippen molar-refractivity contribution in [2.45, 2.75) is 172 Å². The van der Waals surface area contributed by atoms with E-state index in [1.54, 1.807) is 30.4 Å². The average Bonchev–Trinajstić information content (AvgIpc) is 3.65. The molecule has 0 radical (unpaired) electrons. The lowest BCUT2D eigenvalue weighted by Crippen LogP contribution is -2.36. The number of phosphoric acid groups is 2. The molecule has 8 N–H and O–H groups in total. The van der Waals surface area contributed by atoms with Crippen molar-refractivity contribution in [3.8, 4) is 0 Å². The zero-order valence-electron chi connectivity index (χ0n) is 44.0. The van der Waals surface area contributed by atoms with E-state index in [-0.39, 0.29) is 31.5 Å². The molecule has 0 aliphatic carbocycles. The van der Waals surface area contributed by atoms with Crippen molar-refractivity contribution < 1.29 is 76.5 Å². The highest BCUT2D eigenvalue weighted by molar-refractivity contribution is 7.61. The van der Waals surface area contributed by atoms with E-state index < -0.39 is 95.9 Å². The first kappa shape index (κ1) is 67.4. The maximum atomic E-state index is 12.9. The lowest BCUT2D eigenvalue weighted by molar-refractivity contribution is -0.161. The molecule has 0 saturated carbocycles. The summed E-state index contributed by atoms with van der Waals surface area (Å²) in [6, 6.07) is 1.23. The molecule has 9 atom stereocenters. The summed E-state index contributed by atoms with van der Waals surface area (Å²) in [7, 11) is -11.0. The van der Waals surface area contributed by atoms with Gasteiger partial charge in [0.2, 0.25) is 0 Å². The molecule has 1 saturated heterocycles. The fraction of sp³-hybridized carbons (Fsp3) is 0.556. The minimum atomic E-state index is -5.50. The first-order valence-corrected chi connectivity index (χ1v) is 29.1. The SMILES string of the molecule is CC/C=C\C/C=C\C/C=C\C/C=C\C/C=C\CCCCCC(=O)O[C@H](COC(=O)CCC[C@H](O)\C=C/C=C/C=C/[C@H](O)C/C=C\CCCCC)COP(=O)(O)OP(=O)(O)OC[C@H]1O[C@@H](n2ccc(N)nc2=O)[C@H](O)[C@@H]1O. The molecular weight excluding hydrogens is 1020 g/mol. The summed E-state index contributed by atoms with van der Waals surface area (Å²) in [5, 5.41) is 41.4. The number of carbonyl (C=O) groups is 2. The number of esters is 2. The van der Waals surface area contributed by atoms with Crippen molar-refractivity contribution in [3.05, 3.63) is 132 Å². The molecule has 1 aliphatic rings. The molecule has 2 rings (SSSR count). The van der Waals surface area contributed by atoms with E-state index in [0.717, 1.165) is 75.0 Å². The summed E-state index contributed by atoms with van der Waals surface area (Å²) < 4.78 is 56.6. The van der Waals surface area contributed by atoms with Crippen LogP contribution in [0.3, 0.4) is 0 Å². The number of aliphatic hydroxyl groups is 4. The Morgan fingerprint density at radius 2 is 1.30 bits per heavy atom. The Bertz CT molecular complexity index is 2240. The number of allylic oxidation sites excluding steroid dienone is 15. The highest BCUT2D eigenvalue weighted by atomic mass is 31.3. The third-order valence-electron chi connectivity index (χ3n) is 11.0. The van der Waals surface area contributed by atoms with Gasteiger partial charge >= 0.3 is 33.3 Å². The topological polar surface area (TPSA) is 306 Å². The van der Waals surface area contributed by atoms with E-state index in [2.05, 4.69) is 90.0 Å². The number of nitrogens with two attached hydrogens (primary N) is 1. The minimum absolute atomic E-state index is 0.0487. The third-order valence-corrected chi connectivity index (χ3v) is 13.6. The Morgan fingerprint density at radius 1 is 0.724 bits per heavy atom. The number of nitrogen functional groups attached to an aromatic ring is 1. The summed E-state index contributed by atoms with van der Waals surface area (Å²) in [4.78, 5) is 62.0. The molecule has 426 valence electrons. The molecule has 1 aromatic rings. The molecule has 0 aromatic carbocycles. The van der Waals surface area contributed by atoms with Gasteiger partial charge in [0.15, 0.2) is 12.3 Å². The Hall–Kier alpha value is -4.66. The number of carbonyl (C=O) groups excluding carboxylic acids is 2. The van der Waals surface area contributed by atoms with E-state index in [1.807, 2.05) is 6.08 Å². The van der Waals surface area contributed by atoms with Gasteiger partial charge in [0.1, 0.15) is 30.7 Å². The summed E-state index contributed by atoms with van der Waals surface area (Å²) in [6.07, 6.45) is 39.3. The van der Waals surface area contributed by atoms with Gasteiger partial charge in [0.05, 0.1) is 25.4 Å². The molecule has 0 bridgehead atoms. The van der Waals surface area contributed by atoms with Gasteiger partial charge in [-0.3, -0.25) is 23.2 Å². The number of ether oxygens (including phenoxy) is 3. The van der Waals surface area contributed by atoms with Crippen molar-refractivity contribution in [1.82, 2.24) is 9.55 Å². The van der Waals surface area contributed by atoms with Crippen molar-refractivity contribution in [2.24, 2.45) is 0 Å². The van der Waals surface area contributed by atoms with Crippen molar-refractivity contribution in [1.29, 1.82) is 0 Å². The predicted molar refractivity (Wildman–Crippen MR) is 291 cm³/mol. The Labute approximate surface area is 447 Å². The van der Waals surface area contributed by atoms with Gasteiger partial charge in [0.25, 0.3) is 0 Å². The quantitative estimate of drug-likeness (QED) is 0.0106. The molecule has 2 heterocycles. The largest absolute Gasteiger partial charge is 0.481 e. The molecule has 2 unspecified atom stereocenters. The third kappa shape index (κ3) is 32.8. The lowest BCUT2D eigenvalue weighted by atomic mass is 10.1. The van der Waals surface area contributed by atoms with Gasteiger partial charge in [-0.1, -0.05) is 142 Å². The highest BCUT2D eigenvalue weighted by Gasteiger charge is 2.46. The van der Waals surface area contributed by atoms with Gasteiger partial charge in [0, 0.05) is 19.0 Å². The van der Waals surface area contributed by atoms with Crippen molar-refractivity contribution >= 4 is 33.4 Å². The summed E-state index contributed by atoms with van der Waals surface area (Å²) >= 11 is 0. The monoisotopic (exact) mass is 1110 g/mol. The number of unbranched alkanes of at least 4 members (excludes halogenated alkanes) is 6. The Kier molecular flexibility index (Phi) is 36.0. The van der Waals surface area contributed by atoms with Gasteiger partial charge in [-0.25, -0.2) is 13.9 Å². The van der Waals surface area contributed by atoms with E-state index in [4.69, 9.17) is 29.0 Å².